The molecular weight excluding hydrogens is 414 g/mol. The molecule has 5 atom stereocenters. The molecule has 0 heterocycles. The molecule has 12 heteroatoms. The largest absolute Gasteiger partial charge is 0.480 e. The molecule has 0 bridgehead atoms. The summed E-state index contributed by atoms with van der Waals surface area (Å²) in [4.78, 5) is 48.6. The first-order valence-electron chi connectivity index (χ1n) is 9.84. The standard InChI is InChI=1S/C18H35N5O6S/c1-9(2)14(18(28)29)23-16(26)12(8-30)22-15(25)11(6-4-5-7-19)21-17(27)13(20)10(3)24/h9-14,24,30H,4-8,19-20H2,1-3H3,(H,21,27)(H,22,25)(H,23,26)(H,28,29). The number of rotatable bonds is 14. The van der Waals surface area contributed by atoms with Crippen molar-refractivity contribution in [1.29, 1.82) is 0 Å². The fourth-order valence-electron chi connectivity index (χ4n) is 2.48. The Balaban J connectivity index is 5.23. The predicted octanol–water partition coefficient (Wildman–Crippen LogP) is -2.05. The third-order valence-corrected chi connectivity index (χ3v) is 4.81. The van der Waals surface area contributed by atoms with Crippen LogP contribution in [0.4, 0.5) is 0 Å². The van der Waals surface area contributed by atoms with Crippen LogP contribution in [0.15, 0.2) is 0 Å². The minimum absolute atomic E-state index is 0.0847. The number of amides is 3. The molecule has 30 heavy (non-hydrogen) atoms. The fraction of sp³-hybridized carbons (Fsp3) is 0.778. The van der Waals surface area contributed by atoms with E-state index in [0.717, 1.165) is 0 Å². The van der Waals surface area contributed by atoms with Crippen molar-refractivity contribution in [2.75, 3.05) is 12.3 Å². The zero-order chi connectivity index (χ0) is 23.4. The van der Waals surface area contributed by atoms with Crippen LogP contribution in [0.3, 0.4) is 0 Å². The highest BCUT2D eigenvalue weighted by atomic mass is 32.1. The van der Waals surface area contributed by atoms with Gasteiger partial charge in [-0.2, -0.15) is 12.6 Å². The van der Waals surface area contributed by atoms with E-state index in [1.165, 1.54) is 6.92 Å². The zero-order valence-corrected chi connectivity index (χ0v) is 18.5. The fourth-order valence-corrected chi connectivity index (χ4v) is 2.74. The first kappa shape index (κ1) is 28.1. The molecule has 5 unspecified atom stereocenters. The summed E-state index contributed by atoms with van der Waals surface area (Å²) in [6.45, 7) is 5.04. The van der Waals surface area contributed by atoms with Crippen LogP contribution in [0, 0.1) is 5.92 Å². The normalized spacial score (nSPS) is 16.1. The first-order valence-corrected chi connectivity index (χ1v) is 10.5. The van der Waals surface area contributed by atoms with Crippen molar-refractivity contribution in [1.82, 2.24) is 16.0 Å². The second kappa shape index (κ2) is 14.2. The number of nitrogens with two attached hydrogens (primary N) is 2. The summed E-state index contributed by atoms with van der Waals surface area (Å²) in [6.07, 6.45) is 0.280. The Bertz CT molecular complexity index is 589. The Hall–Kier alpha value is -1.89. The van der Waals surface area contributed by atoms with E-state index in [9.17, 15) is 29.4 Å². The summed E-state index contributed by atoms with van der Waals surface area (Å²) in [6, 6.07) is -4.47. The van der Waals surface area contributed by atoms with Crippen molar-refractivity contribution in [3.05, 3.63) is 0 Å². The number of aliphatic hydroxyl groups excluding tert-OH is 1. The lowest BCUT2D eigenvalue weighted by atomic mass is 10.0. The van der Waals surface area contributed by atoms with Crippen LogP contribution >= 0.6 is 12.6 Å². The Kier molecular flexibility index (Phi) is 13.3. The van der Waals surface area contributed by atoms with Crippen molar-refractivity contribution < 1.29 is 29.4 Å². The first-order chi connectivity index (χ1) is 14.0. The molecule has 174 valence electrons. The van der Waals surface area contributed by atoms with E-state index >= 15 is 0 Å². The Morgan fingerprint density at radius 1 is 0.933 bits per heavy atom. The van der Waals surface area contributed by atoms with Crippen molar-refractivity contribution >= 4 is 36.3 Å². The highest BCUT2D eigenvalue weighted by Crippen LogP contribution is 2.05. The molecule has 0 spiro atoms. The van der Waals surface area contributed by atoms with Gasteiger partial charge in [0.2, 0.25) is 17.7 Å². The van der Waals surface area contributed by atoms with Gasteiger partial charge in [-0.25, -0.2) is 4.79 Å². The van der Waals surface area contributed by atoms with Gasteiger partial charge in [0.05, 0.1) is 6.10 Å². The van der Waals surface area contributed by atoms with Gasteiger partial charge in [-0.1, -0.05) is 13.8 Å². The summed E-state index contributed by atoms with van der Waals surface area (Å²) >= 11 is 4.06. The van der Waals surface area contributed by atoms with E-state index < -0.39 is 54.0 Å². The summed E-state index contributed by atoms with van der Waals surface area (Å²) in [5, 5.41) is 26.0. The molecule has 0 aromatic rings. The van der Waals surface area contributed by atoms with Crippen LogP contribution < -0.4 is 27.4 Å². The van der Waals surface area contributed by atoms with Gasteiger partial charge in [-0.3, -0.25) is 14.4 Å². The Morgan fingerprint density at radius 2 is 1.47 bits per heavy atom. The van der Waals surface area contributed by atoms with E-state index in [1.807, 2.05) is 0 Å². The number of aliphatic carboxylic acids is 1. The molecule has 0 aromatic carbocycles. The summed E-state index contributed by atoms with van der Waals surface area (Å²) in [5.74, 6) is -3.71. The van der Waals surface area contributed by atoms with E-state index in [4.69, 9.17) is 11.5 Å². The van der Waals surface area contributed by atoms with Crippen LogP contribution in [-0.2, 0) is 19.2 Å². The Labute approximate surface area is 182 Å². The number of carboxylic acid groups (broad SMARTS) is 1. The van der Waals surface area contributed by atoms with Gasteiger partial charge >= 0.3 is 5.97 Å². The highest BCUT2D eigenvalue weighted by Gasteiger charge is 2.31. The number of unbranched alkanes of at least 4 members (excludes halogenated alkanes) is 1. The third kappa shape index (κ3) is 9.74. The topological polar surface area (TPSA) is 197 Å². The van der Waals surface area contributed by atoms with Crippen molar-refractivity contribution in [2.24, 2.45) is 17.4 Å². The summed E-state index contributed by atoms with van der Waals surface area (Å²) in [5.41, 5.74) is 11.1. The minimum atomic E-state index is -1.22. The summed E-state index contributed by atoms with van der Waals surface area (Å²) in [7, 11) is 0. The molecule has 11 nitrogen and oxygen atoms in total. The number of hydrogen-bond donors (Lipinski definition) is 8. The van der Waals surface area contributed by atoms with Crippen LogP contribution in [0.5, 0.6) is 0 Å². The van der Waals surface area contributed by atoms with Gasteiger partial charge < -0.3 is 37.6 Å². The van der Waals surface area contributed by atoms with Gasteiger partial charge in [-0.05, 0) is 38.6 Å². The van der Waals surface area contributed by atoms with Gasteiger partial charge in [0.25, 0.3) is 0 Å². The second-order valence-corrected chi connectivity index (χ2v) is 7.79. The van der Waals surface area contributed by atoms with Gasteiger partial charge in [0.1, 0.15) is 24.2 Å². The number of carboxylic acids is 1. The minimum Gasteiger partial charge on any atom is -0.480 e. The lowest BCUT2D eigenvalue weighted by Gasteiger charge is -2.25. The van der Waals surface area contributed by atoms with E-state index in [2.05, 4.69) is 28.6 Å². The van der Waals surface area contributed by atoms with E-state index in [0.29, 0.717) is 19.4 Å². The van der Waals surface area contributed by atoms with Crippen molar-refractivity contribution in [2.45, 2.75) is 70.3 Å². The number of aliphatic hydroxyl groups is 1. The van der Waals surface area contributed by atoms with Gasteiger partial charge in [0.15, 0.2) is 0 Å². The van der Waals surface area contributed by atoms with Crippen molar-refractivity contribution in [3.63, 3.8) is 0 Å². The van der Waals surface area contributed by atoms with Gasteiger partial charge in [-0.15, -0.1) is 0 Å². The molecule has 0 rings (SSSR count). The molecule has 3 amide bonds. The van der Waals surface area contributed by atoms with Crippen LogP contribution in [0.25, 0.3) is 0 Å². The second-order valence-electron chi connectivity index (χ2n) is 7.42. The molecule has 0 aliphatic heterocycles. The number of carbonyl (C=O) groups is 4. The average molecular weight is 450 g/mol. The van der Waals surface area contributed by atoms with Gasteiger partial charge in [0, 0.05) is 5.75 Å². The lowest BCUT2D eigenvalue weighted by molar-refractivity contribution is -0.143. The maximum Gasteiger partial charge on any atom is 0.326 e. The number of thiol groups is 1. The molecule has 0 saturated carbocycles. The number of carbonyl (C=O) groups excluding carboxylic acids is 3. The van der Waals surface area contributed by atoms with E-state index in [1.54, 1.807) is 13.8 Å². The predicted molar refractivity (Wildman–Crippen MR) is 115 cm³/mol. The maximum absolute atomic E-state index is 12.7. The molecule has 0 saturated heterocycles. The van der Waals surface area contributed by atoms with Crippen LogP contribution in [-0.4, -0.2) is 76.5 Å². The Morgan fingerprint density at radius 3 is 1.90 bits per heavy atom. The number of hydrogen-bond acceptors (Lipinski definition) is 8. The molecular formula is C18H35N5O6S. The van der Waals surface area contributed by atoms with Crippen molar-refractivity contribution in [3.8, 4) is 0 Å². The lowest BCUT2D eigenvalue weighted by Crippen LogP contribution is -2.58. The monoisotopic (exact) mass is 449 g/mol. The molecule has 0 aliphatic carbocycles. The zero-order valence-electron chi connectivity index (χ0n) is 17.6. The molecule has 0 radical (unpaired) electrons. The maximum atomic E-state index is 12.7. The summed E-state index contributed by atoms with van der Waals surface area (Å²) < 4.78 is 0. The van der Waals surface area contributed by atoms with Crippen LogP contribution in [0.1, 0.15) is 40.0 Å². The average Bonchev–Trinajstić information content (AvgIpc) is 2.67. The molecule has 9 N–H and O–H groups in total. The number of nitrogens with one attached hydrogen (secondary N) is 3. The van der Waals surface area contributed by atoms with Crippen LogP contribution in [0.2, 0.25) is 0 Å². The van der Waals surface area contributed by atoms with E-state index in [-0.39, 0.29) is 18.1 Å². The molecule has 0 aromatic heterocycles. The molecule has 0 aliphatic rings. The third-order valence-electron chi connectivity index (χ3n) is 4.45. The quantitative estimate of drug-likeness (QED) is 0.109. The molecule has 0 fully saturated rings. The highest BCUT2D eigenvalue weighted by molar-refractivity contribution is 7.80. The SMILES string of the molecule is CC(C)C(NC(=O)C(CS)NC(=O)C(CCCCN)NC(=O)C(N)C(C)O)C(=O)O. The smallest absolute Gasteiger partial charge is 0.326 e.